The van der Waals surface area contributed by atoms with Gasteiger partial charge in [0.2, 0.25) is 0 Å². The first-order chi connectivity index (χ1) is 17.8. The summed E-state index contributed by atoms with van der Waals surface area (Å²) in [5.41, 5.74) is 0. The molecule has 0 N–H and O–H groups in total. The van der Waals surface area contributed by atoms with Crippen LogP contribution in [-0.4, -0.2) is 65.9 Å². The van der Waals surface area contributed by atoms with Crippen LogP contribution in [0, 0.1) is 62.2 Å². The molecule has 0 bridgehead atoms. The second-order valence-corrected chi connectivity index (χ2v) is 57.3. The van der Waals surface area contributed by atoms with E-state index in [1.165, 1.54) is 0 Å². The van der Waals surface area contributed by atoms with E-state index in [9.17, 15) is 0 Å². The number of nitrogens with zero attached hydrogens (tertiary/aromatic N) is 4. The number of benzene rings is 1. The van der Waals surface area contributed by atoms with Crippen LogP contribution in [0.4, 0.5) is 0 Å². The summed E-state index contributed by atoms with van der Waals surface area (Å²) >= 11 is 0. The molecule has 0 radical (unpaired) electrons. The van der Waals surface area contributed by atoms with E-state index in [4.69, 9.17) is 18.6 Å². The molecule has 1 rings (SSSR count). The summed E-state index contributed by atoms with van der Waals surface area (Å²) in [6.45, 7) is 55.1. The van der Waals surface area contributed by atoms with Crippen molar-refractivity contribution < 1.29 is 62.2 Å². The minimum absolute atomic E-state index is 0. The average Bonchev–Trinajstić information content (AvgIpc) is 2.52. The zero-order chi connectivity index (χ0) is 35.1. The topological polar surface area (TPSA) is 56.4 Å². The molecule has 0 atom stereocenters. The van der Waals surface area contributed by atoms with Crippen LogP contribution in [0.1, 0.15) is 0 Å². The Hall–Kier alpha value is 2.90. The van der Waals surface area contributed by atoms with Crippen molar-refractivity contribution in [3.05, 3.63) is 55.0 Å². The Morgan fingerprint density at radius 2 is 0.273 bits per heavy atom. The SMILES string of the molecule is C[Si](C)(C)[N-][Si](C)(C)C.C[Si](C)(C)[N-][Si](C)(C)C.C[Si](C)(C)[N-][Si](C)(C)C.C[Si](C)(C)[N-][Si](C)(C)C.[U+2].[U+2].c1ccccc1. The van der Waals surface area contributed by atoms with Crippen LogP contribution in [0.5, 0.6) is 0 Å². The van der Waals surface area contributed by atoms with E-state index in [2.05, 4.69) is 157 Å². The van der Waals surface area contributed by atoms with Crippen LogP contribution >= 0.6 is 0 Å². The summed E-state index contributed by atoms with van der Waals surface area (Å²) in [6, 6.07) is 12.0. The first kappa shape index (κ1) is 59.1. The molecule has 0 saturated carbocycles. The van der Waals surface area contributed by atoms with Crippen molar-refractivity contribution >= 4 is 65.9 Å². The molecule has 4 nitrogen and oxygen atoms in total. The third kappa shape index (κ3) is 79.9. The quantitative estimate of drug-likeness (QED) is 0.233. The van der Waals surface area contributed by atoms with Gasteiger partial charge in [0.25, 0.3) is 0 Å². The molecule has 0 aliphatic heterocycles. The van der Waals surface area contributed by atoms with E-state index in [-0.39, 0.29) is 62.2 Å². The third-order valence-electron chi connectivity index (χ3n) is 3.35. The Morgan fingerprint density at radius 1 is 0.205 bits per heavy atom. The molecule has 1 aromatic rings. The molecule has 14 heteroatoms. The second-order valence-electron chi connectivity index (χ2n) is 19.0. The molecule has 0 aromatic heterocycles. The van der Waals surface area contributed by atoms with Crippen LogP contribution in [0.2, 0.25) is 157 Å². The van der Waals surface area contributed by atoms with Crippen molar-refractivity contribution in [2.75, 3.05) is 0 Å². The number of hydrogen-bond donors (Lipinski definition) is 0. The van der Waals surface area contributed by atoms with Gasteiger partial charge in [-0.2, -0.15) is 0 Å². The maximum atomic E-state index is 4.82. The van der Waals surface area contributed by atoms with Crippen molar-refractivity contribution in [3.8, 4) is 0 Å². The Morgan fingerprint density at radius 3 is 0.295 bits per heavy atom. The van der Waals surface area contributed by atoms with Crippen LogP contribution in [-0.2, 0) is 0 Å². The molecule has 1 aromatic carbocycles. The summed E-state index contributed by atoms with van der Waals surface area (Å²) in [6.07, 6.45) is 0. The smallest absolute Gasteiger partial charge is 0.668 e. The second kappa shape index (κ2) is 24.9. The van der Waals surface area contributed by atoms with Gasteiger partial charge in [-0.25, -0.2) is 0 Å². The van der Waals surface area contributed by atoms with Gasteiger partial charge >= 0.3 is 62.2 Å². The predicted molar refractivity (Wildman–Crippen MR) is 227 cm³/mol. The van der Waals surface area contributed by atoms with Gasteiger partial charge in [-0.15, -0.1) is 0 Å². The minimum Gasteiger partial charge on any atom is -0.668 e. The van der Waals surface area contributed by atoms with Gasteiger partial charge in [-0.05, 0) is 0 Å². The van der Waals surface area contributed by atoms with E-state index in [1.54, 1.807) is 0 Å². The van der Waals surface area contributed by atoms with Crippen LogP contribution < -0.4 is 0 Å². The fraction of sp³-hybridized carbons (Fsp3) is 0.800. The fourth-order valence-electron chi connectivity index (χ4n) is 4.41. The molecule has 0 spiro atoms. The molecular formula is C30H78N4Si8U2. The monoisotopic (exact) mass is 1190 g/mol. The zero-order valence-electron chi connectivity index (χ0n) is 34.3. The summed E-state index contributed by atoms with van der Waals surface area (Å²) in [5.74, 6) is 0. The van der Waals surface area contributed by atoms with E-state index in [0.717, 1.165) is 0 Å². The molecule has 0 saturated heterocycles. The molecular weight excluding hydrogens is 1120 g/mol. The Labute approximate surface area is 336 Å². The normalized spacial score (nSPS) is 12.5. The largest absolute Gasteiger partial charge is 2.00 e. The van der Waals surface area contributed by atoms with Crippen molar-refractivity contribution in [2.45, 2.75) is 157 Å². The van der Waals surface area contributed by atoms with Crippen LogP contribution in [0.15, 0.2) is 36.4 Å². The van der Waals surface area contributed by atoms with Gasteiger partial charge < -0.3 is 18.6 Å². The summed E-state index contributed by atoms with van der Waals surface area (Å²) in [7, 11) is -8.85. The van der Waals surface area contributed by atoms with E-state index in [0.29, 0.717) is 0 Å². The third-order valence-corrected chi connectivity index (χ3v) is 24.8. The van der Waals surface area contributed by atoms with Crippen molar-refractivity contribution in [2.24, 2.45) is 0 Å². The van der Waals surface area contributed by atoms with Crippen molar-refractivity contribution in [3.63, 3.8) is 0 Å². The van der Waals surface area contributed by atoms with E-state index >= 15 is 0 Å². The maximum Gasteiger partial charge on any atom is 2.00 e. The van der Waals surface area contributed by atoms with Gasteiger partial charge in [-0.1, -0.05) is 259 Å². The Bertz CT molecular complexity index is 602. The van der Waals surface area contributed by atoms with Crippen molar-refractivity contribution in [1.29, 1.82) is 0 Å². The zero-order valence-corrected chi connectivity index (χ0v) is 50.6. The molecule has 44 heavy (non-hydrogen) atoms. The summed E-state index contributed by atoms with van der Waals surface area (Å²) in [5, 5.41) is 0. The minimum atomic E-state index is -1.11. The molecule has 0 unspecified atom stereocenters. The summed E-state index contributed by atoms with van der Waals surface area (Å²) in [4.78, 5) is 0. The summed E-state index contributed by atoms with van der Waals surface area (Å²) < 4.78 is 19.3. The van der Waals surface area contributed by atoms with Gasteiger partial charge in [-0.3, -0.25) is 0 Å². The van der Waals surface area contributed by atoms with Gasteiger partial charge in [0.05, 0.1) is 0 Å². The first-order valence-electron chi connectivity index (χ1n) is 15.8. The molecule has 258 valence electrons. The van der Waals surface area contributed by atoms with Crippen LogP contribution in [0.25, 0.3) is 18.6 Å². The van der Waals surface area contributed by atoms with Crippen molar-refractivity contribution in [1.82, 2.24) is 0 Å². The Balaban J connectivity index is -0.000000102. The molecule has 0 aliphatic carbocycles. The number of hydrogen-bond acceptors (Lipinski definition) is 0. The van der Waals surface area contributed by atoms with E-state index < -0.39 is 65.9 Å². The fourth-order valence-corrected chi connectivity index (χ4v) is 36.6. The first-order valence-corrected chi connectivity index (χ1v) is 43.4. The molecule has 0 fully saturated rings. The molecule has 0 aliphatic rings. The van der Waals surface area contributed by atoms with Gasteiger partial charge in [0.1, 0.15) is 0 Å². The maximum absolute atomic E-state index is 4.82. The van der Waals surface area contributed by atoms with Gasteiger partial charge in [0, 0.05) is 0 Å². The number of rotatable bonds is 8. The average molecular weight is 1200 g/mol. The standard InChI is InChI=1S/4C6H18NSi2.C6H6.2U/c4*1-8(2,3)7-9(4,5)6;1-2-4-6-5-3-1;;/h4*1-6H3;1-6H;;/q4*-1;;2*+2. The predicted octanol–water partition coefficient (Wildman–Crippen LogP) is 13.8. The van der Waals surface area contributed by atoms with E-state index in [1.807, 2.05) is 36.4 Å². The van der Waals surface area contributed by atoms with Gasteiger partial charge in [0.15, 0.2) is 0 Å². The molecule has 0 heterocycles. The molecule has 0 amide bonds. The Kier molecular flexibility index (Phi) is 33.5. The van der Waals surface area contributed by atoms with Crippen LogP contribution in [0.3, 0.4) is 0 Å².